The van der Waals surface area contributed by atoms with Gasteiger partial charge in [0.1, 0.15) is 16.3 Å². The van der Waals surface area contributed by atoms with Crippen LogP contribution in [0.5, 0.6) is 0 Å². The number of ether oxygens (including phenoxy) is 1. The molecule has 1 aromatic heterocycles. The molecule has 0 saturated carbocycles. The van der Waals surface area contributed by atoms with Crippen LogP contribution >= 0.6 is 11.3 Å². The van der Waals surface area contributed by atoms with Gasteiger partial charge in [-0.25, -0.2) is 4.79 Å². The lowest BCUT2D eigenvalue weighted by atomic mass is 10.1. The molecule has 0 spiro atoms. The lowest BCUT2D eigenvalue weighted by Gasteiger charge is -2.03. The molecule has 34 heavy (non-hydrogen) atoms. The van der Waals surface area contributed by atoms with Crippen LogP contribution in [0, 0.1) is 11.3 Å². The summed E-state index contributed by atoms with van der Waals surface area (Å²) in [6, 6.07) is 26.0. The zero-order valence-corrected chi connectivity index (χ0v) is 18.9. The molecule has 166 valence electrons. The van der Waals surface area contributed by atoms with Crippen molar-refractivity contribution in [3.63, 3.8) is 0 Å². The molecule has 0 atom stereocenters. The second-order valence-corrected chi connectivity index (χ2v) is 8.22. The van der Waals surface area contributed by atoms with E-state index in [9.17, 15) is 19.6 Å². The zero-order valence-electron chi connectivity index (χ0n) is 18.1. The molecule has 4 rings (SSSR count). The average Bonchev–Trinajstić information content (AvgIpc) is 3.20. The molecular weight excluding hydrogens is 448 g/mol. The molecule has 0 fully saturated rings. The number of carbonyl (C=O) groups is 2. The minimum absolute atomic E-state index is 0.113. The molecule has 6 nitrogen and oxygen atoms in total. The Balaban J connectivity index is 1.97. The van der Waals surface area contributed by atoms with Crippen LogP contribution in [0.4, 0.5) is 0 Å². The Hall–Kier alpha value is -4.54. The van der Waals surface area contributed by atoms with E-state index < -0.39 is 11.8 Å². The van der Waals surface area contributed by atoms with Crippen molar-refractivity contribution < 1.29 is 14.3 Å². The van der Waals surface area contributed by atoms with Gasteiger partial charge in [0.15, 0.2) is 0 Å². The van der Waals surface area contributed by atoms with Gasteiger partial charge in [-0.05, 0) is 35.9 Å². The van der Waals surface area contributed by atoms with Crippen molar-refractivity contribution >= 4 is 34.7 Å². The van der Waals surface area contributed by atoms with Crippen molar-refractivity contribution in [2.75, 3.05) is 7.11 Å². The quantitative estimate of drug-likeness (QED) is 0.333. The highest BCUT2D eigenvalue weighted by molar-refractivity contribution is 7.07. The molecule has 3 aromatic carbocycles. The van der Waals surface area contributed by atoms with Gasteiger partial charge in [0.25, 0.3) is 5.56 Å². The van der Waals surface area contributed by atoms with Crippen molar-refractivity contribution in [2.24, 2.45) is 0 Å². The zero-order chi connectivity index (χ0) is 24.1. The minimum Gasteiger partial charge on any atom is -0.465 e. The molecule has 0 bridgehead atoms. The van der Waals surface area contributed by atoms with E-state index in [0.717, 1.165) is 11.3 Å². The van der Waals surface area contributed by atoms with Crippen molar-refractivity contribution in [3.8, 4) is 11.8 Å². The van der Waals surface area contributed by atoms with E-state index in [1.165, 1.54) is 11.7 Å². The second kappa shape index (κ2) is 9.94. The first-order chi connectivity index (χ1) is 16.5. The number of Topliss-reactive ketones (excluding diaryl/α,β-unsaturated/α-hetero) is 1. The molecule has 1 heterocycles. The van der Waals surface area contributed by atoms with Gasteiger partial charge < -0.3 is 4.74 Å². The van der Waals surface area contributed by atoms with Crippen molar-refractivity contribution in [2.45, 2.75) is 0 Å². The maximum absolute atomic E-state index is 13.4. The Kier molecular flexibility index (Phi) is 6.62. The van der Waals surface area contributed by atoms with Gasteiger partial charge in [-0.15, -0.1) is 11.3 Å². The summed E-state index contributed by atoms with van der Waals surface area (Å²) in [5, 5.41) is 9.91. The third-order valence-corrected chi connectivity index (χ3v) is 6.15. The number of para-hydroxylation sites is 1. The summed E-state index contributed by atoms with van der Waals surface area (Å²) in [4.78, 5) is 38.3. The number of hydrogen-bond acceptors (Lipinski definition) is 6. The maximum atomic E-state index is 13.4. The Labute approximate surface area is 198 Å². The first-order valence-electron chi connectivity index (χ1n) is 10.2. The summed E-state index contributed by atoms with van der Waals surface area (Å²) in [5.41, 5.74) is 1.53. The third-order valence-electron chi connectivity index (χ3n) is 5.06. The number of hydrogen-bond donors (Lipinski definition) is 0. The number of benzene rings is 3. The van der Waals surface area contributed by atoms with Crippen LogP contribution in [0.25, 0.3) is 17.3 Å². The van der Waals surface area contributed by atoms with Gasteiger partial charge in [-0.3, -0.25) is 14.2 Å². The fourth-order valence-electron chi connectivity index (χ4n) is 3.38. The van der Waals surface area contributed by atoms with Gasteiger partial charge in [0.05, 0.1) is 22.9 Å². The largest absolute Gasteiger partial charge is 0.465 e. The normalized spacial score (nSPS) is 12.1. The Morgan fingerprint density at radius 2 is 1.53 bits per heavy atom. The molecule has 0 N–H and O–H groups in total. The highest BCUT2D eigenvalue weighted by Crippen LogP contribution is 2.10. The lowest BCUT2D eigenvalue weighted by Crippen LogP contribution is -2.31. The monoisotopic (exact) mass is 466 g/mol. The number of nitriles is 1. The van der Waals surface area contributed by atoms with Crippen LogP contribution < -0.4 is 14.8 Å². The SMILES string of the molecule is COC(=O)c1ccc(/C=c2/s/c(=C(\C#N)C(=O)c3ccccc3)n(-c3ccccc3)c2=O)cc1. The van der Waals surface area contributed by atoms with E-state index in [-0.39, 0.29) is 15.8 Å². The molecule has 0 aliphatic carbocycles. The van der Waals surface area contributed by atoms with Crippen LogP contribution in [0.2, 0.25) is 0 Å². The maximum Gasteiger partial charge on any atom is 0.337 e. The fraction of sp³-hybridized carbons (Fsp3) is 0.0370. The Morgan fingerprint density at radius 1 is 0.912 bits per heavy atom. The molecule has 0 saturated heterocycles. The molecule has 0 aliphatic rings. The number of methoxy groups -OCH3 is 1. The van der Waals surface area contributed by atoms with Crippen molar-refractivity contribution in [1.29, 1.82) is 5.26 Å². The molecule has 4 aromatic rings. The van der Waals surface area contributed by atoms with Gasteiger partial charge in [-0.1, -0.05) is 60.7 Å². The summed E-state index contributed by atoms with van der Waals surface area (Å²) in [5.74, 6) is -0.910. The Morgan fingerprint density at radius 3 is 2.12 bits per heavy atom. The molecule has 0 amide bonds. The minimum atomic E-state index is -0.456. The van der Waals surface area contributed by atoms with E-state index >= 15 is 0 Å². The lowest BCUT2D eigenvalue weighted by molar-refractivity contribution is 0.0600. The van der Waals surface area contributed by atoms with Gasteiger partial charge in [-0.2, -0.15) is 5.26 Å². The number of aromatic nitrogens is 1. The highest BCUT2D eigenvalue weighted by atomic mass is 32.1. The summed E-state index contributed by atoms with van der Waals surface area (Å²) in [6.07, 6.45) is 1.67. The van der Waals surface area contributed by atoms with Crippen molar-refractivity contribution in [1.82, 2.24) is 4.57 Å². The van der Waals surface area contributed by atoms with Gasteiger partial charge in [0.2, 0.25) is 5.78 Å². The first kappa shape index (κ1) is 22.6. The number of nitrogens with zero attached hydrogens (tertiary/aromatic N) is 2. The number of rotatable bonds is 5. The van der Waals surface area contributed by atoms with E-state index in [0.29, 0.717) is 26.9 Å². The predicted molar refractivity (Wildman–Crippen MR) is 130 cm³/mol. The highest BCUT2D eigenvalue weighted by Gasteiger charge is 2.18. The summed E-state index contributed by atoms with van der Waals surface area (Å²) < 4.78 is 6.70. The van der Waals surface area contributed by atoms with Gasteiger partial charge in [0, 0.05) is 5.56 Å². The van der Waals surface area contributed by atoms with Gasteiger partial charge >= 0.3 is 5.97 Å². The van der Waals surface area contributed by atoms with E-state index in [4.69, 9.17) is 4.74 Å². The predicted octanol–water partition coefficient (Wildman–Crippen LogP) is 3.07. The second-order valence-electron chi connectivity index (χ2n) is 7.19. The third kappa shape index (κ3) is 4.49. The van der Waals surface area contributed by atoms with E-state index in [2.05, 4.69) is 0 Å². The standard InChI is InChI=1S/C27H18N2O4S/c1-33-27(32)20-14-12-18(13-15-20)16-23-25(31)29(21-10-6-3-7-11-21)26(34-23)22(17-28)24(30)19-8-4-2-5-9-19/h2-16H,1H3/b23-16+,26-22+. The fourth-order valence-corrected chi connectivity index (χ4v) is 4.48. The average molecular weight is 467 g/mol. The first-order valence-corrected chi connectivity index (χ1v) is 11.1. The molecule has 7 heteroatoms. The van der Waals surface area contributed by atoms with Crippen LogP contribution in [0.3, 0.4) is 0 Å². The Bertz CT molecular complexity index is 1580. The molecule has 0 unspecified atom stereocenters. The number of thiazole rings is 1. The number of esters is 1. The van der Waals surface area contributed by atoms with Crippen LogP contribution in [0.15, 0.2) is 89.7 Å². The molecule has 0 radical (unpaired) electrons. The molecule has 0 aliphatic heterocycles. The van der Waals surface area contributed by atoms with Crippen LogP contribution in [0.1, 0.15) is 26.3 Å². The van der Waals surface area contributed by atoms with Crippen molar-refractivity contribution in [3.05, 3.63) is 121 Å². The summed E-state index contributed by atoms with van der Waals surface area (Å²) >= 11 is 1.07. The smallest absolute Gasteiger partial charge is 0.337 e. The molecular formula is C27H18N2O4S. The van der Waals surface area contributed by atoms with E-state index in [1.54, 1.807) is 84.9 Å². The number of carbonyl (C=O) groups excluding carboxylic acids is 2. The summed E-state index contributed by atoms with van der Waals surface area (Å²) in [7, 11) is 1.31. The van der Waals surface area contributed by atoms with Crippen LogP contribution in [-0.4, -0.2) is 23.4 Å². The topological polar surface area (TPSA) is 89.2 Å². The van der Waals surface area contributed by atoms with Crippen LogP contribution in [-0.2, 0) is 4.74 Å². The van der Waals surface area contributed by atoms with E-state index in [1.807, 2.05) is 12.1 Å². The number of ketones is 1. The summed E-state index contributed by atoms with van der Waals surface area (Å²) in [6.45, 7) is 0.